The summed E-state index contributed by atoms with van der Waals surface area (Å²) in [5.41, 5.74) is 8.57. The summed E-state index contributed by atoms with van der Waals surface area (Å²) in [5, 5.41) is 31.4. The van der Waals surface area contributed by atoms with Gasteiger partial charge < -0.3 is 20.7 Å². The summed E-state index contributed by atoms with van der Waals surface area (Å²) < 4.78 is 7.84. The first-order valence-corrected chi connectivity index (χ1v) is 14.9. The van der Waals surface area contributed by atoms with Crippen molar-refractivity contribution in [2.75, 3.05) is 12.3 Å². The number of ether oxygens (including phenoxy) is 1. The highest BCUT2D eigenvalue weighted by Gasteiger charge is 2.48. The molecule has 3 aliphatic carbocycles. The molecule has 5 atom stereocenters. The maximum atomic E-state index is 10.9. The molecule has 4 heterocycles. The zero-order chi connectivity index (χ0) is 29.2. The van der Waals surface area contributed by atoms with Crippen LogP contribution >= 0.6 is 0 Å². The third-order valence-electron chi connectivity index (χ3n) is 9.64. The molecule has 0 radical (unpaired) electrons. The van der Waals surface area contributed by atoms with Gasteiger partial charge in [-0.2, -0.15) is 5.26 Å². The second kappa shape index (κ2) is 10.3. The maximum absolute atomic E-state index is 10.9. The van der Waals surface area contributed by atoms with Crippen molar-refractivity contribution < 1.29 is 14.9 Å². The summed E-state index contributed by atoms with van der Waals surface area (Å²) in [6, 6.07) is 3.11. The van der Waals surface area contributed by atoms with E-state index in [4.69, 9.17) is 20.5 Å². The Balaban J connectivity index is 0.940. The van der Waals surface area contributed by atoms with Crippen LogP contribution in [0, 0.1) is 22.7 Å². The molecule has 2 aromatic rings. The highest BCUT2D eigenvalue weighted by Crippen LogP contribution is 2.52. The summed E-state index contributed by atoms with van der Waals surface area (Å²) in [4.78, 5) is 24.5. The van der Waals surface area contributed by atoms with Gasteiger partial charge in [-0.05, 0) is 63.5 Å². The molecule has 5 aliphatic rings. The minimum atomic E-state index is -1.13. The molecule has 1 unspecified atom stereocenters. The van der Waals surface area contributed by atoms with Crippen molar-refractivity contribution in [3.05, 3.63) is 36.5 Å². The van der Waals surface area contributed by atoms with Crippen LogP contribution in [0.4, 0.5) is 5.82 Å². The first kappa shape index (κ1) is 27.3. The van der Waals surface area contributed by atoms with Crippen LogP contribution in [0.1, 0.15) is 58.6 Å². The third-order valence-corrected chi connectivity index (χ3v) is 9.64. The van der Waals surface area contributed by atoms with E-state index in [1.807, 2.05) is 0 Å². The zero-order valence-electron chi connectivity index (χ0n) is 23.9. The van der Waals surface area contributed by atoms with E-state index in [0.29, 0.717) is 29.7 Å². The van der Waals surface area contributed by atoms with Crippen LogP contribution in [0.5, 0.6) is 0 Å². The van der Waals surface area contributed by atoms with E-state index in [1.165, 1.54) is 12.7 Å². The molecule has 12 nitrogen and oxygen atoms in total. The number of hydrogen-bond acceptors (Lipinski definition) is 11. The minimum absolute atomic E-state index is 0.00838. The van der Waals surface area contributed by atoms with Crippen LogP contribution in [0.25, 0.3) is 11.2 Å². The summed E-state index contributed by atoms with van der Waals surface area (Å²) in [5.74, 6) is 1.75. The van der Waals surface area contributed by atoms with Gasteiger partial charge in [0.2, 0.25) is 0 Å². The smallest absolute Gasteiger partial charge is 0.167 e. The Morgan fingerprint density at radius 3 is 2.76 bits per heavy atom. The van der Waals surface area contributed by atoms with Gasteiger partial charge in [-0.3, -0.25) is 14.5 Å². The molecule has 220 valence electrons. The Kier molecular flexibility index (Phi) is 6.73. The number of aromatic nitrogens is 4. The van der Waals surface area contributed by atoms with Gasteiger partial charge in [-0.15, -0.1) is 0 Å². The Morgan fingerprint density at radius 1 is 1.21 bits per heavy atom. The molecule has 42 heavy (non-hydrogen) atoms. The zero-order valence-corrected chi connectivity index (χ0v) is 23.9. The average molecular weight is 572 g/mol. The number of nitrogen functional groups attached to an aromatic ring is 1. The summed E-state index contributed by atoms with van der Waals surface area (Å²) in [7, 11) is 0. The molecule has 2 aliphatic heterocycles. The molecule has 0 bridgehead atoms. The summed E-state index contributed by atoms with van der Waals surface area (Å²) >= 11 is 0. The summed E-state index contributed by atoms with van der Waals surface area (Å²) in [6.07, 6.45) is 11.4. The number of imidazole rings is 1. The first-order chi connectivity index (χ1) is 20.3. The number of allylic oxidation sites excluding steroid dienone is 2. The van der Waals surface area contributed by atoms with Gasteiger partial charge in [0.25, 0.3) is 0 Å². The van der Waals surface area contributed by atoms with E-state index in [1.54, 1.807) is 4.57 Å². The van der Waals surface area contributed by atoms with E-state index >= 15 is 0 Å². The number of rotatable bonds is 9. The Bertz CT molecular complexity index is 1540. The highest BCUT2D eigenvalue weighted by atomic mass is 16.6. The fourth-order valence-electron chi connectivity index (χ4n) is 6.84. The predicted molar refractivity (Wildman–Crippen MR) is 156 cm³/mol. The fourth-order valence-corrected chi connectivity index (χ4v) is 6.84. The van der Waals surface area contributed by atoms with Gasteiger partial charge in [0, 0.05) is 25.0 Å². The Hall–Kier alpha value is -3.50. The SMILES string of the molecule is CC(C)N(C[C@H]1O[C@@H](n2cnc3c(N)ncnc32)[C@H](O)[C@@H]1O)C1CC(CCC2=NC3C=CC(C4(C#N)CC4)=CC3=N2)C1. The number of fused-ring (bicyclic) bond motifs is 2. The summed E-state index contributed by atoms with van der Waals surface area (Å²) in [6.45, 7) is 4.83. The van der Waals surface area contributed by atoms with Crippen LogP contribution in [0.15, 0.2) is 46.4 Å². The molecule has 2 saturated carbocycles. The normalized spacial score (nSPS) is 32.9. The fraction of sp³-hybridized carbons (Fsp3) is 0.600. The van der Waals surface area contributed by atoms with Crippen molar-refractivity contribution in [1.82, 2.24) is 24.4 Å². The molecular formula is C30H37N9O3. The second-order valence-corrected chi connectivity index (χ2v) is 12.6. The highest BCUT2D eigenvalue weighted by molar-refractivity contribution is 6.13. The molecule has 1 saturated heterocycles. The van der Waals surface area contributed by atoms with E-state index in [0.717, 1.165) is 55.6 Å². The van der Waals surface area contributed by atoms with Gasteiger partial charge in [0.1, 0.15) is 42.0 Å². The van der Waals surface area contributed by atoms with Crippen LogP contribution in [0.2, 0.25) is 0 Å². The lowest BCUT2D eigenvalue weighted by atomic mass is 9.76. The number of nitrogens with two attached hydrogens (primary N) is 1. The van der Waals surface area contributed by atoms with Crippen LogP contribution in [-0.2, 0) is 4.74 Å². The van der Waals surface area contributed by atoms with Gasteiger partial charge >= 0.3 is 0 Å². The molecular weight excluding hydrogens is 534 g/mol. The van der Waals surface area contributed by atoms with Gasteiger partial charge in [-0.25, -0.2) is 19.9 Å². The molecule has 0 spiro atoms. The molecule has 4 N–H and O–H groups in total. The molecule has 2 aromatic heterocycles. The Labute approximate surface area is 244 Å². The van der Waals surface area contributed by atoms with Crippen molar-refractivity contribution in [3.63, 3.8) is 0 Å². The molecule has 12 heteroatoms. The number of hydrogen-bond donors (Lipinski definition) is 3. The standard InChI is InChI=1S/C30H37N9O3/c1-16(2)38(12-22-25(40)26(41)29(42-22)39-15-35-24-27(32)33-14-34-28(24)39)19-9-17(10-19)3-6-23-36-20-5-4-18(11-21(20)37-23)30(13-31)7-8-30/h4-5,11,14-17,19-20,22,25-26,29,40-41H,3,6-10,12H2,1-2H3,(H2,32,33,34)/t17?,19?,20?,22-,25-,26-,29-/m1/s1. The quantitative estimate of drug-likeness (QED) is 0.408. The van der Waals surface area contributed by atoms with Crippen molar-refractivity contribution in [1.29, 1.82) is 5.26 Å². The van der Waals surface area contributed by atoms with Crippen LogP contribution in [0.3, 0.4) is 0 Å². The molecule has 0 aromatic carbocycles. The number of aliphatic hydroxyl groups is 2. The van der Waals surface area contributed by atoms with Gasteiger partial charge in [0.15, 0.2) is 17.7 Å². The van der Waals surface area contributed by atoms with Crippen molar-refractivity contribution >= 4 is 28.5 Å². The van der Waals surface area contributed by atoms with E-state index < -0.39 is 24.5 Å². The predicted octanol–water partition coefficient (Wildman–Crippen LogP) is 2.32. The largest absolute Gasteiger partial charge is 0.387 e. The lowest BCUT2D eigenvalue weighted by Gasteiger charge is -2.46. The number of anilines is 1. The van der Waals surface area contributed by atoms with Crippen LogP contribution < -0.4 is 5.73 Å². The number of nitriles is 1. The topological polar surface area (TPSA) is 171 Å². The molecule has 0 amide bonds. The first-order valence-electron chi connectivity index (χ1n) is 14.9. The van der Waals surface area contributed by atoms with E-state index in [-0.39, 0.29) is 23.3 Å². The number of amidine groups is 1. The van der Waals surface area contributed by atoms with Crippen molar-refractivity contribution in [2.24, 2.45) is 21.3 Å². The number of aliphatic imine (C=N–C) groups is 2. The minimum Gasteiger partial charge on any atom is -0.387 e. The molecule has 7 rings (SSSR count). The van der Waals surface area contributed by atoms with E-state index in [9.17, 15) is 15.5 Å². The lowest BCUT2D eigenvalue weighted by Crippen LogP contribution is -2.52. The number of aliphatic hydroxyl groups excluding tert-OH is 2. The lowest BCUT2D eigenvalue weighted by molar-refractivity contribution is -0.0619. The number of nitrogens with zero attached hydrogens (tertiary/aromatic N) is 8. The van der Waals surface area contributed by atoms with Crippen LogP contribution in [-0.4, -0.2) is 89.2 Å². The average Bonchev–Trinajstić information content (AvgIpc) is 3.33. The van der Waals surface area contributed by atoms with Gasteiger partial charge in [-0.1, -0.05) is 12.2 Å². The van der Waals surface area contributed by atoms with Gasteiger partial charge in [0.05, 0.1) is 23.5 Å². The Morgan fingerprint density at radius 2 is 2.02 bits per heavy atom. The molecule has 3 fully saturated rings. The monoisotopic (exact) mass is 571 g/mol. The van der Waals surface area contributed by atoms with E-state index in [2.05, 4.69) is 58.0 Å². The van der Waals surface area contributed by atoms with Crippen molar-refractivity contribution in [3.8, 4) is 6.07 Å². The maximum Gasteiger partial charge on any atom is 0.167 e. The third kappa shape index (κ3) is 4.65. The second-order valence-electron chi connectivity index (χ2n) is 12.6. The van der Waals surface area contributed by atoms with Crippen molar-refractivity contribution in [2.45, 2.75) is 95.0 Å².